The fourth-order valence-electron chi connectivity index (χ4n) is 15.1. The number of nitrogens with zero attached hydrogens (tertiary/aromatic N) is 2. The lowest BCUT2D eigenvalue weighted by molar-refractivity contribution is -0.169. The van der Waals surface area contributed by atoms with E-state index >= 15 is 19.2 Å². The summed E-state index contributed by atoms with van der Waals surface area (Å²) in [5, 5.41) is 53.6. The number of likely N-dealkylation sites (tertiary alicyclic amines) is 1. The Balaban J connectivity index is 1.63. The zero-order chi connectivity index (χ0) is 86.0. The smallest absolute Gasteiger partial charge is 0.320 e. The van der Waals surface area contributed by atoms with Crippen LogP contribution in [0.15, 0.2) is 72.8 Å². The van der Waals surface area contributed by atoms with Crippen molar-refractivity contribution >= 4 is 94.5 Å². The highest BCUT2D eigenvalue weighted by Crippen LogP contribution is 2.43. The van der Waals surface area contributed by atoms with Crippen LogP contribution in [-0.4, -0.2) is 240 Å². The summed E-state index contributed by atoms with van der Waals surface area (Å²) >= 11 is 0. The first-order valence-electron chi connectivity index (χ1n) is 38.3. The third-order valence-corrected chi connectivity index (χ3v) is 21.4. The number of aryl methyl sites for hydroxylation is 1. The number of esters is 4. The van der Waals surface area contributed by atoms with E-state index in [9.17, 15) is 73.2 Å². The van der Waals surface area contributed by atoms with Gasteiger partial charge in [0.25, 0.3) is 5.91 Å². The molecule has 33 nitrogen and oxygen atoms in total. The summed E-state index contributed by atoms with van der Waals surface area (Å²) < 4.78 is 51.4. The summed E-state index contributed by atoms with van der Waals surface area (Å²) in [5.74, 6) is -39.0. The Morgan fingerprint density at radius 2 is 0.965 bits per heavy atom. The number of hydrogen-bond acceptors (Lipinski definition) is 25. The third-order valence-electron chi connectivity index (χ3n) is 21.4. The van der Waals surface area contributed by atoms with Crippen molar-refractivity contribution in [1.82, 2.24) is 20.9 Å². The highest BCUT2D eigenvalue weighted by Gasteiger charge is 2.57. The second kappa shape index (κ2) is 45.4. The van der Waals surface area contributed by atoms with Crippen molar-refractivity contribution in [2.45, 2.75) is 143 Å². The maximum Gasteiger partial charge on any atom is 0.320 e. The zero-order valence-electron chi connectivity index (χ0n) is 68.1. The molecular formula is C82H113N5O28. The second-order valence-corrected chi connectivity index (χ2v) is 30.0. The fraction of sp³-hybridized carbons (Fsp3) is 0.598. The predicted octanol–water partition coefficient (Wildman–Crippen LogP) is 6.01. The number of methoxy groups -OCH3 is 6. The number of imide groups is 1. The molecular weight excluding hydrogens is 1500 g/mol. The van der Waals surface area contributed by atoms with Crippen molar-refractivity contribution in [3.8, 4) is 5.75 Å². The van der Waals surface area contributed by atoms with E-state index in [1.54, 1.807) is 83.1 Å². The van der Waals surface area contributed by atoms with Gasteiger partial charge < -0.3 is 83.9 Å². The number of aliphatic carboxylic acids is 4. The van der Waals surface area contributed by atoms with Crippen molar-refractivity contribution in [2.24, 2.45) is 82.9 Å². The number of ketones is 2. The molecule has 115 heavy (non-hydrogen) atoms. The van der Waals surface area contributed by atoms with E-state index in [1.165, 1.54) is 45.2 Å². The summed E-state index contributed by atoms with van der Waals surface area (Å²) in [4.78, 5) is 214. The molecule has 2 fully saturated rings. The van der Waals surface area contributed by atoms with Gasteiger partial charge in [0.15, 0.2) is 11.6 Å². The van der Waals surface area contributed by atoms with Crippen molar-refractivity contribution in [3.05, 3.63) is 95.1 Å². The van der Waals surface area contributed by atoms with Gasteiger partial charge >= 0.3 is 47.8 Å². The minimum Gasteiger partial charge on any atom is -0.481 e. The quantitative estimate of drug-likeness (QED) is 0.00850. The molecule has 2 aliphatic heterocycles. The predicted molar refractivity (Wildman–Crippen MR) is 411 cm³/mol. The van der Waals surface area contributed by atoms with Gasteiger partial charge in [-0.25, -0.2) is 0 Å². The molecule has 0 bridgehead atoms. The Kier molecular flexibility index (Phi) is 37.8. The van der Waals surface area contributed by atoms with Crippen LogP contribution in [0.5, 0.6) is 5.75 Å². The second-order valence-electron chi connectivity index (χ2n) is 30.0. The number of carbonyl (C=O) groups is 15. The Hall–Kier alpha value is -9.93. The molecule has 3 aromatic rings. The summed E-state index contributed by atoms with van der Waals surface area (Å²) in [6.07, 6.45) is -14.2. The maximum absolute atomic E-state index is 15.4. The van der Waals surface area contributed by atoms with Crippen molar-refractivity contribution < 1.29 is 135 Å². The number of Topliss-reactive ketones (excluding diaryl/α,β-unsaturated/α-hetero) is 2. The first-order valence-corrected chi connectivity index (χ1v) is 38.3. The monoisotopic (exact) mass is 1620 g/mol. The van der Waals surface area contributed by atoms with E-state index in [0.717, 1.165) is 51.7 Å². The highest BCUT2D eigenvalue weighted by molar-refractivity contribution is 6.13. The molecule has 18 atom stereocenters. The molecule has 0 radical (unpaired) electrons. The molecule has 0 spiro atoms. The lowest BCUT2D eigenvalue weighted by atomic mass is 9.72. The van der Waals surface area contributed by atoms with Crippen LogP contribution >= 0.6 is 0 Å². The first-order chi connectivity index (χ1) is 54.4. The van der Waals surface area contributed by atoms with Gasteiger partial charge in [-0.05, 0) is 119 Å². The van der Waals surface area contributed by atoms with Crippen LogP contribution in [-0.2, 0) is 95.4 Å². The fourth-order valence-corrected chi connectivity index (χ4v) is 15.1. The van der Waals surface area contributed by atoms with Crippen LogP contribution in [0.3, 0.4) is 0 Å². The van der Waals surface area contributed by atoms with Gasteiger partial charge in [0.1, 0.15) is 5.75 Å². The number of hydrogen-bond donors (Lipinski definition) is 7. The third kappa shape index (κ3) is 25.5. The molecule has 2 saturated heterocycles. The maximum atomic E-state index is 15.4. The average Bonchev–Trinajstić information content (AvgIpc) is 1.64. The molecule has 2 heterocycles. The number of cyclic esters (lactones) is 2. The van der Waals surface area contributed by atoms with Crippen LogP contribution in [0.2, 0.25) is 0 Å². The number of carboxylic acids is 4. The summed E-state index contributed by atoms with van der Waals surface area (Å²) in [7, 11) is 10.3. The number of nitrogens with one attached hydrogen (secondary N) is 3. The largest absolute Gasteiger partial charge is 0.481 e. The topological polar surface area (TPSA) is 463 Å². The molecule has 0 aliphatic carbocycles. The van der Waals surface area contributed by atoms with E-state index < -0.39 is 241 Å². The molecule has 0 aromatic heterocycles. The molecule has 0 saturated carbocycles. The summed E-state index contributed by atoms with van der Waals surface area (Å²) in [5.41, 5.74) is 2.43. The van der Waals surface area contributed by atoms with Crippen LogP contribution in [0.1, 0.15) is 136 Å². The number of amides is 5. The minimum atomic E-state index is -2.09. The number of benzene rings is 3. The van der Waals surface area contributed by atoms with Gasteiger partial charge in [0.05, 0.1) is 121 Å². The molecule has 18 unspecified atom stereocenters. The molecule has 634 valence electrons. The van der Waals surface area contributed by atoms with Gasteiger partial charge in [0, 0.05) is 105 Å². The van der Waals surface area contributed by atoms with Crippen molar-refractivity contribution in [2.75, 3.05) is 94.4 Å². The standard InChI is InChI=1S/C82H113N5O28/c1-17-58(107-11)68(82(106)114-50-30-26-47(27-31-50)57(89)39-56(88)46-22-20-44(7)21-23-46)54(77(99)100)38-61(110-14)65(71(91)84-33-19-32-83-70(90)48-24-28-49(29-25-48)86(9)10)52(75(95)96)35-62(111-15)67-51(73(93)87(74(67)94)41-43(5)6)34-60(109-13)66(72(92)85-40-42(3)4)53(76(97)98)36-63(112-16)69(80(104)113-18-2)55(78(101)102)37-59(108-12)64-45(8)79(103)115-81(64)105/h20-31,42-43,45,51-55,58-69H,17-19,32-41H2,1-16H3,(H,83,90)(H,84,91)(H,85,92)(H,95,96)(H,97,98)(H,99,100)(H,101,102). The van der Waals surface area contributed by atoms with E-state index in [0.29, 0.717) is 11.1 Å². The number of ether oxygens (including phenoxy) is 9. The molecule has 7 N–H and O–H groups in total. The van der Waals surface area contributed by atoms with Crippen molar-refractivity contribution in [3.63, 3.8) is 0 Å². The minimum absolute atomic E-state index is 0.0257. The van der Waals surface area contributed by atoms with E-state index in [-0.39, 0.29) is 62.9 Å². The first kappa shape index (κ1) is 95.7. The molecule has 2 aliphatic rings. The van der Waals surface area contributed by atoms with Gasteiger partial charge in [0.2, 0.25) is 23.6 Å². The van der Waals surface area contributed by atoms with E-state index in [1.807, 2.05) is 25.9 Å². The Morgan fingerprint density at radius 1 is 0.513 bits per heavy atom. The Bertz CT molecular complexity index is 3860. The van der Waals surface area contributed by atoms with Gasteiger partial charge in [-0.15, -0.1) is 0 Å². The lowest BCUT2D eigenvalue weighted by Crippen LogP contribution is -2.51. The number of anilines is 1. The van der Waals surface area contributed by atoms with Crippen molar-refractivity contribution in [1.29, 1.82) is 0 Å². The van der Waals surface area contributed by atoms with Crippen LogP contribution in [0.25, 0.3) is 0 Å². The van der Waals surface area contributed by atoms with Crippen LogP contribution in [0, 0.1) is 89.8 Å². The van der Waals surface area contributed by atoms with Gasteiger partial charge in [-0.2, -0.15) is 0 Å². The molecule has 5 rings (SSSR count). The molecule has 5 amide bonds. The van der Waals surface area contributed by atoms with Crippen LogP contribution in [0.4, 0.5) is 5.69 Å². The Morgan fingerprint density at radius 3 is 1.43 bits per heavy atom. The summed E-state index contributed by atoms with van der Waals surface area (Å²) in [6.45, 7) is 12.1. The molecule has 3 aromatic carbocycles. The van der Waals surface area contributed by atoms with Gasteiger partial charge in [-0.3, -0.25) is 76.8 Å². The van der Waals surface area contributed by atoms with E-state index in [4.69, 9.17) is 42.6 Å². The zero-order valence-corrected chi connectivity index (χ0v) is 68.1. The number of carbonyl (C=O) groups excluding carboxylic acids is 11. The highest BCUT2D eigenvalue weighted by atomic mass is 16.6. The Labute approximate surface area is 669 Å². The lowest BCUT2D eigenvalue weighted by Gasteiger charge is -2.37. The number of rotatable bonds is 51. The SMILES string of the molecule is CCOC(=O)C(C(CC(C(=O)O)C(C(=O)NCC(C)C)C(CC1C(=O)N(CC(C)C)C(=O)C1C(CC(C(=O)O)C(C(=O)NCCCNC(=O)c1ccc(N(C)C)cc1)C(CC(C(=O)O)C(C(=O)Oc1ccc(C(=O)CC(=O)c2ccc(C)cc2)cc1)C(CC)OC)OC)OC)OC)OC)C(CC(OC)C1C(=O)OC(=O)C1C)C(=O)O. The van der Waals surface area contributed by atoms with Gasteiger partial charge in [-0.1, -0.05) is 71.4 Å². The van der Waals surface area contributed by atoms with Crippen LogP contribution < -0.4 is 25.6 Å². The normalized spacial score (nSPS) is 19.2. The molecule has 33 heteroatoms. The average molecular weight is 1620 g/mol. The van der Waals surface area contributed by atoms with E-state index in [2.05, 4.69) is 16.0 Å². The number of carboxylic acid groups (broad SMARTS) is 4. The summed E-state index contributed by atoms with van der Waals surface area (Å²) in [6, 6.07) is 18.5.